The summed E-state index contributed by atoms with van der Waals surface area (Å²) in [6, 6.07) is 3.56. The first-order valence-electron chi connectivity index (χ1n) is 4.65. The van der Waals surface area contributed by atoms with Crippen molar-refractivity contribution in [2.45, 2.75) is 20.3 Å². The summed E-state index contributed by atoms with van der Waals surface area (Å²) in [6.07, 6.45) is 3.17. The van der Waals surface area contributed by atoms with Gasteiger partial charge >= 0.3 is 0 Å². The zero-order valence-corrected chi connectivity index (χ0v) is 8.62. The summed E-state index contributed by atoms with van der Waals surface area (Å²) in [6.45, 7) is 5.04. The van der Waals surface area contributed by atoms with Gasteiger partial charge in [-0.3, -0.25) is 0 Å². The molecule has 0 unspecified atom stereocenters. The Kier molecular flexibility index (Phi) is 3.91. The molecule has 1 rings (SSSR count). The fourth-order valence-electron chi connectivity index (χ4n) is 0.998. The molecular weight excluding hydrogens is 176 g/mol. The number of rotatable bonds is 4. The number of nitrogen functional groups attached to an aromatic ring is 1. The van der Waals surface area contributed by atoms with E-state index in [9.17, 15) is 0 Å². The van der Waals surface area contributed by atoms with Crippen LogP contribution in [-0.4, -0.2) is 16.7 Å². The number of aromatic nitrogens is 2. The molecule has 0 amide bonds. The molecule has 0 bridgehead atoms. The van der Waals surface area contributed by atoms with Gasteiger partial charge in [0.25, 0.3) is 0 Å². The van der Waals surface area contributed by atoms with Crippen molar-refractivity contribution in [3.8, 4) is 0 Å². The molecule has 0 spiro atoms. The topological polar surface area (TPSA) is 63.8 Å². The number of allylic oxidation sites excluding steroid dienone is 1. The molecule has 1 aromatic heterocycles. The van der Waals surface area contributed by atoms with Crippen LogP contribution in [0.15, 0.2) is 23.8 Å². The minimum absolute atomic E-state index is 0.444. The van der Waals surface area contributed by atoms with E-state index in [1.54, 1.807) is 6.07 Å². The first kappa shape index (κ1) is 10.5. The van der Waals surface area contributed by atoms with Gasteiger partial charge in [-0.2, -0.15) is 0 Å². The van der Waals surface area contributed by atoms with Gasteiger partial charge in [0.2, 0.25) is 0 Å². The lowest BCUT2D eigenvalue weighted by Gasteiger charge is -2.02. The molecule has 0 fully saturated rings. The van der Waals surface area contributed by atoms with Crippen LogP contribution in [0, 0.1) is 0 Å². The summed E-state index contributed by atoms with van der Waals surface area (Å²) >= 11 is 0. The van der Waals surface area contributed by atoms with Crippen molar-refractivity contribution in [3.63, 3.8) is 0 Å². The van der Waals surface area contributed by atoms with Crippen molar-refractivity contribution < 1.29 is 0 Å². The molecule has 0 saturated carbocycles. The minimum Gasteiger partial charge on any atom is -0.382 e. The second kappa shape index (κ2) is 5.21. The molecular formula is C10H16N4. The van der Waals surface area contributed by atoms with Crippen LogP contribution in [0.25, 0.3) is 0 Å². The van der Waals surface area contributed by atoms with Crippen LogP contribution in [0.4, 0.5) is 11.6 Å². The van der Waals surface area contributed by atoms with Crippen LogP contribution in [0.3, 0.4) is 0 Å². The predicted octanol–water partition coefficient (Wildman–Crippen LogP) is 1.83. The van der Waals surface area contributed by atoms with E-state index in [4.69, 9.17) is 5.73 Å². The number of nitrogens with one attached hydrogen (secondary N) is 1. The fraction of sp³-hybridized carbons (Fsp3) is 0.400. The molecule has 0 atom stereocenters. The Labute approximate surface area is 84.2 Å². The highest BCUT2D eigenvalue weighted by Crippen LogP contribution is 2.02. The Hall–Kier alpha value is -1.58. The molecule has 0 aromatic carbocycles. The highest BCUT2D eigenvalue weighted by Gasteiger charge is 1.92. The Morgan fingerprint density at radius 3 is 2.79 bits per heavy atom. The zero-order valence-electron chi connectivity index (χ0n) is 8.62. The molecule has 14 heavy (non-hydrogen) atoms. The summed E-state index contributed by atoms with van der Waals surface area (Å²) in [5.74, 6) is 1.21. The van der Waals surface area contributed by atoms with Crippen LogP contribution >= 0.6 is 0 Å². The second-order valence-corrected chi connectivity index (χ2v) is 3.34. The molecule has 4 nitrogen and oxygen atoms in total. The average molecular weight is 192 g/mol. The number of hydrogen-bond acceptors (Lipinski definition) is 4. The number of hydrogen-bond donors (Lipinski definition) is 2. The number of nitrogens with two attached hydrogens (primary N) is 1. The van der Waals surface area contributed by atoms with Gasteiger partial charge in [-0.1, -0.05) is 11.6 Å². The number of nitrogens with zero attached hydrogens (tertiary/aromatic N) is 2. The van der Waals surface area contributed by atoms with Crippen LogP contribution < -0.4 is 11.1 Å². The third-order valence-corrected chi connectivity index (χ3v) is 1.69. The highest BCUT2D eigenvalue weighted by atomic mass is 15.2. The summed E-state index contributed by atoms with van der Waals surface area (Å²) in [5.41, 5.74) is 6.74. The van der Waals surface area contributed by atoms with Crippen LogP contribution in [-0.2, 0) is 0 Å². The molecule has 0 aliphatic carbocycles. The minimum atomic E-state index is 0.444. The fourth-order valence-corrected chi connectivity index (χ4v) is 0.998. The maximum Gasteiger partial charge on any atom is 0.148 e. The molecule has 1 heterocycles. The van der Waals surface area contributed by atoms with E-state index in [0.29, 0.717) is 5.82 Å². The van der Waals surface area contributed by atoms with Gasteiger partial charge in [-0.05, 0) is 32.4 Å². The van der Waals surface area contributed by atoms with Crippen molar-refractivity contribution >= 4 is 11.6 Å². The van der Waals surface area contributed by atoms with E-state index in [2.05, 4.69) is 35.4 Å². The van der Waals surface area contributed by atoms with E-state index >= 15 is 0 Å². The zero-order chi connectivity index (χ0) is 10.4. The second-order valence-electron chi connectivity index (χ2n) is 3.34. The van der Waals surface area contributed by atoms with Gasteiger partial charge in [0.1, 0.15) is 11.6 Å². The van der Waals surface area contributed by atoms with Gasteiger partial charge in [0.05, 0.1) is 0 Å². The van der Waals surface area contributed by atoms with Crippen molar-refractivity contribution in [1.82, 2.24) is 10.2 Å². The summed E-state index contributed by atoms with van der Waals surface area (Å²) in [5, 5.41) is 10.8. The highest BCUT2D eigenvalue weighted by molar-refractivity contribution is 5.38. The Morgan fingerprint density at radius 2 is 2.21 bits per heavy atom. The Bertz CT molecular complexity index is 298. The normalized spacial score (nSPS) is 9.57. The first-order valence-corrected chi connectivity index (χ1v) is 4.65. The third-order valence-electron chi connectivity index (χ3n) is 1.69. The van der Waals surface area contributed by atoms with Crippen LogP contribution in [0.2, 0.25) is 0 Å². The molecule has 3 N–H and O–H groups in total. The van der Waals surface area contributed by atoms with Crippen LogP contribution in [0.1, 0.15) is 20.3 Å². The lowest BCUT2D eigenvalue weighted by Crippen LogP contribution is -2.04. The smallest absolute Gasteiger partial charge is 0.148 e. The van der Waals surface area contributed by atoms with Crippen molar-refractivity contribution in [3.05, 3.63) is 23.8 Å². The first-order chi connectivity index (χ1) is 6.68. The molecule has 0 saturated heterocycles. The van der Waals surface area contributed by atoms with Gasteiger partial charge < -0.3 is 11.1 Å². The Balaban J connectivity index is 2.32. The molecule has 0 aliphatic rings. The van der Waals surface area contributed by atoms with E-state index in [0.717, 1.165) is 18.8 Å². The molecule has 76 valence electrons. The summed E-state index contributed by atoms with van der Waals surface area (Å²) < 4.78 is 0. The van der Waals surface area contributed by atoms with Crippen molar-refractivity contribution in [2.24, 2.45) is 0 Å². The molecule has 0 aliphatic heterocycles. The molecule has 1 aromatic rings. The lowest BCUT2D eigenvalue weighted by molar-refractivity contribution is 0.985. The predicted molar refractivity (Wildman–Crippen MR) is 59.0 cm³/mol. The van der Waals surface area contributed by atoms with E-state index < -0.39 is 0 Å². The van der Waals surface area contributed by atoms with E-state index in [-0.39, 0.29) is 0 Å². The van der Waals surface area contributed by atoms with Gasteiger partial charge in [-0.25, -0.2) is 0 Å². The molecule has 0 radical (unpaired) electrons. The lowest BCUT2D eigenvalue weighted by atomic mass is 10.3. The monoisotopic (exact) mass is 192 g/mol. The van der Waals surface area contributed by atoms with E-state index in [1.165, 1.54) is 5.57 Å². The van der Waals surface area contributed by atoms with Gasteiger partial charge in [0, 0.05) is 6.54 Å². The van der Waals surface area contributed by atoms with Gasteiger partial charge in [0.15, 0.2) is 0 Å². The van der Waals surface area contributed by atoms with Crippen molar-refractivity contribution in [2.75, 3.05) is 17.6 Å². The summed E-state index contributed by atoms with van der Waals surface area (Å²) in [4.78, 5) is 0. The molecule has 4 heteroatoms. The number of anilines is 2. The van der Waals surface area contributed by atoms with Crippen LogP contribution in [0.5, 0.6) is 0 Å². The standard InChI is InChI=1S/C10H16N4/c1-8(2)4-3-7-12-10-6-5-9(11)13-14-10/h4-6H,3,7H2,1-2H3,(H2,11,13)(H,12,14). The maximum atomic E-state index is 5.41. The largest absolute Gasteiger partial charge is 0.382 e. The third kappa shape index (κ3) is 3.89. The quantitative estimate of drug-likeness (QED) is 0.564. The maximum absolute atomic E-state index is 5.41. The van der Waals surface area contributed by atoms with Crippen molar-refractivity contribution in [1.29, 1.82) is 0 Å². The SMILES string of the molecule is CC(C)=CCCNc1ccc(N)nn1. The summed E-state index contributed by atoms with van der Waals surface area (Å²) in [7, 11) is 0. The average Bonchev–Trinajstić information content (AvgIpc) is 2.15. The Morgan fingerprint density at radius 1 is 1.43 bits per heavy atom. The van der Waals surface area contributed by atoms with E-state index in [1.807, 2.05) is 6.07 Å². The van der Waals surface area contributed by atoms with Gasteiger partial charge in [-0.15, -0.1) is 10.2 Å².